The molecule has 0 radical (unpaired) electrons. The van der Waals surface area contributed by atoms with Gasteiger partial charge in [0.05, 0.1) is 4.88 Å². The van der Waals surface area contributed by atoms with Crippen molar-refractivity contribution in [3.8, 4) is 10.4 Å². The number of sulfonamides is 1. The van der Waals surface area contributed by atoms with Crippen LogP contribution in [0.1, 0.15) is 9.67 Å². The van der Waals surface area contributed by atoms with E-state index >= 15 is 0 Å². The second kappa shape index (κ2) is 8.45. The maximum atomic E-state index is 14.0. The topological polar surface area (TPSA) is 57.7 Å². The molecule has 2 heterocycles. The second-order valence-corrected chi connectivity index (χ2v) is 9.88. The molecule has 1 amide bonds. The third kappa shape index (κ3) is 4.23. The number of amides is 1. The lowest BCUT2D eigenvalue weighted by Gasteiger charge is -2.33. The molecule has 0 N–H and O–H groups in total. The fourth-order valence-electron chi connectivity index (χ4n) is 3.37. The summed E-state index contributed by atoms with van der Waals surface area (Å²) in [6.45, 7) is 0.0475. The molecular formula is C21H17F3N2O3S2. The molecule has 4 rings (SSSR count). The zero-order valence-corrected chi connectivity index (χ0v) is 17.7. The van der Waals surface area contributed by atoms with Crippen molar-refractivity contribution in [2.75, 3.05) is 26.2 Å². The highest BCUT2D eigenvalue weighted by Gasteiger charge is 2.34. The molecular weight excluding hydrogens is 449 g/mol. The molecule has 0 aliphatic carbocycles. The predicted molar refractivity (Wildman–Crippen MR) is 111 cm³/mol. The summed E-state index contributed by atoms with van der Waals surface area (Å²) in [7, 11) is -4.36. The Bertz CT molecular complexity index is 1200. The van der Waals surface area contributed by atoms with Crippen LogP contribution in [0.2, 0.25) is 0 Å². The first-order chi connectivity index (χ1) is 14.8. The Labute approximate surface area is 181 Å². The minimum Gasteiger partial charge on any atom is -0.335 e. The Kier molecular flexibility index (Phi) is 5.87. The highest BCUT2D eigenvalue weighted by atomic mass is 32.2. The summed E-state index contributed by atoms with van der Waals surface area (Å²) in [6, 6.07) is 12.3. The lowest BCUT2D eigenvalue weighted by molar-refractivity contribution is 0.0702. The molecule has 1 aliphatic heterocycles. The van der Waals surface area contributed by atoms with Crippen molar-refractivity contribution in [2.45, 2.75) is 4.90 Å². The number of hydrogen-bond acceptors (Lipinski definition) is 4. The van der Waals surface area contributed by atoms with Gasteiger partial charge < -0.3 is 4.90 Å². The fraction of sp³-hybridized carbons (Fsp3) is 0.190. The van der Waals surface area contributed by atoms with Gasteiger partial charge in [-0.2, -0.15) is 4.31 Å². The van der Waals surface area contributed by atoms with Crippen LogP contribution in [0.15, 0.2) is 59.5 Å². The molecule has 1 aliphatic rings. The molecule has 31 heavy (non-hydrogen) atoms. The summed E-state index contributed by atoms with van der Waals surface area (Å²) in [5.74, 6) is -2.90. The SMILES string of the molecule is O=C(c1ccc(-c2ccc(F)cc2)s1)N1CCN(S(=O)(=O)c2c(F)cccc2F)CC1. The summed E-state index contributed by atoms with van der Waals surface area (Å²) < 4.78 is 67.4. The maximum Gasteiger partial charge on any atom is 0.264 e. The van der Waals surface area contributed by atoms with Crippen LogP contribution in [0, 0.1) is 17.5 Å². The van der Waals surface area contributed by atoms with E-state index in [1.807, 2.05) is 0 Å². The Morgan fingerprint density at radius 1 is 0.839 bits per heavy atom. The van der Waals surface area contributed by atoms with Crippen molar-refractivity contribution < 1.29 is 26.4 Å². The number of nitrogens with zero attached hydrogens (tertiary/aromatic N) is 2. The van der Waals surface area contributed by atoms with Crippen LogP contribution in [0.25, 0.3) is 10.4 Å². The van der Waals surface area contributed by atoms with Gasteiger partial charge in [-0.1, -0.05) is 18.2 Å². The summed E-state index contributed by atoms with van der Waals surface area (Å²) in [5, 5.41) is 0. The van der Waals surface area contributed by atoms with E-state index in [0.717, 1.165) is 32.9 Å². The maximum absolute atomic E-state index is 14.0. The molecule has 1 saturated heterocycles. The van der Waals surface area contributed by atoms with Crippen molar-refractivity contribution in [3.05, 3.63) is 76.9 Å². The summed E-state index contributed by atoms with van der Waals surface area (Å²) in [5.41, 5.74) is 0.785. The van der Waals surface area contributed by atoms with Crippen LogP contribution in [0.4, 0.5) is 13.2 Å². The van der Waals surface area contributed by atoms with E-state index < -0.39 is 26.6 Å². The Morgan fingerprint density at radius 3 is 2.06 bits per heavy atom. The normalized spacial score (nSPS) is 15.3. The van der Waals surface area contributed by atoms with Gasteiger partial charge in [-0.05, 0) is 42.0 Å². The number of benzene rings is 2. The average Bonchev–Trinajstić information content (AvgIpc) is 3.24. The van der Waals surface area contributed by atoms with E-state index in [4.69, 9.17) is 0 Å². The Balaban J connectivity index is 1.45. The molecule has 0 bridgehead atoms. The molecule has 0 atom stereocenters. The van der Waals surface area contributed by atoms with Crippen LogP contribution < -0.4 is 0 Å². The van der Waals surface area contributed by atoms with Crippen LogP contribution in [0.5, 0.6) is 0 Å². The molecule has 0 spiro atoms. The molecule has 1 aromatic heterocycles. The minimum absolute atomic E-state index is 0.0714. The number of hydrogen-bond donors (Lipinski definition) is 0. The first kappa shape index (κ1) is 21.5. The number of carbonyl (C=O) groups is 1. The van der Waals surface area contributed by atoms with E-state index in [1.54, 1.807) is 24.3 Å². The molecule has 0 unspecified atom stereocenters. The van der Waals surface area contributed by atoms with Crippen LogP contribution >= 0.6 is 11.3 Å². The average molecular weight is 467 g/mol. The monoisotopic (exact) mass is 466 g/mol. The van der Waals surface area contributed by atoms with Gasteiger partial charge in [-0.25, -0.2) is 21.6 Å². The highest BCUT2D eigenvalue weighted by molar-refractivity contribution is 7.89. The van der Waals surface area contributed by atoms with Gasteiger partial charge in [0.1, 0.15) is 17.5 Å². The predicted octanol–water partition coefficient (Wildman–Crippen LogP) is 3.98. The molecule has 3 aromatic rings. The van der Waals surface area contributed by atoms with E-state index in [-0.39, 0.29) is 37.9 Å². The standard InChI is InChI=1S/C21H17F3N2O3S2/c22-15-6-4-14(5-7-15)18-8-9-19(30-18)21(27)25-10-12-26(13-11-25)31(28,29)20-16(23)2-1-3-17(20)24/h1-9H,10-13H2. The van der Waals surface area contributed by atoms with Crippen molar-refractivity contribution in [1.82, 2.24) is 9.21 Å². The summed E-state index contributed by atoms with van der Waals surface area (Å²) >= 11 is 1.26. The van der Waals surface area contributed by atoms with Gasteiger partial charge in [0.25, 0.3) is 5.91 Å². The van der Waals surface area contributed by atoms with Crippen molar-refractivity contribution >= 4 is 27.3 Å². The third-order valence-electron chi connectivity index (χ3n) is 4.99. The molecule has 10 heteroatoms. The van der Waals surface area contributed by atoms with Crippen molar-refractivity contribution in [1.29, 1.82) is 0 Å². The molecule has 5 nitrogen and oxygen atoms in total. The highest BCUT2D eigenvalue weighted by Crippen LogP contribution is 2.30. The van der Waals surface area contributed by atoms with Crippen molar-refractivity contribution in [3.63, 3.8) is 0 Å². The zero-order valence-electron chi connectivity index (χ0n) is 16.1. The number of rotatable bonds is 4. The van der Waals surface area contributed by atoms with E-state index in [1.165, 1.54) is 28.4 Å². The van der Waals surface area contributed by atoms with Crippen molar-refractivity contribution in [2.24, 2.45) is 0 Å². The third-order valence-corrected chi connectivity index (χ3v) is 8.06. The van der Waals surface area contributed by atoms with Gasteiger partial charge in [0, 0.05) is 31.1 Å². The quantitative estimate of drug-likeness (QED) is 0.585. The van der Waals surface area contributed by atoms with Gasteiger partial charge >= 0.3 is 0 Å². The van der Waals surface area contributed by atoms with Gasteiger partial charge in [0.15, 0.2) is 4.90 Å². The smallest absolute Gasteiger partial charge is 0.264 e. The number of carbonyl (C=O) groups excluding carboxylic acids is 1. The molecule has 1 fully saturated rings. The van der Waals surface area contributed by atoms with Gasteiger partial charge in [-0.3, -0.25) is 4.79 Å². The Hall–Kier alpha value is -2.69. The first-order valence-corrected chi connectivity index (χ1v) is 11.6. The second-order valence-electron chi connectivity index (χ2n) is 6.92. The first-order valence-electron chi connectivity index (χ1n) is 9.36. The molecule has 162 valence electrons. The summed E-state index contributed by atoms with van der Waals surface area (Å²) in [6.07, 6.45) is 0. The number of piperazine rings is 1. The van der Waals surface area contributed by atoms with Crippen LogP contribution in [-0.4, -0.2) is 49.7 Å². The fourth-order valence-corrected chi connectivity index (χ4v) is 5.88. The van der Waals surface area contributed by atoms with E-state index in [0.29, 0.717) is 4.88 Å². The summed E-state index contributed by atoms with van der Waals surface area (Å²) in [4.78, 5) is 14.6. The van der Waals surface area contributed by atoms with Crippen LogP contribution in [0.3, 0.4) is 0 Å². The number of halogens is 3. The lowest BCUT2D eigenvalue weighted by atomic mass is 10.2. The van der Waals surface area contributed by atoms with Crippen LogP contribution in [-0.2, 0) is 10.0 Å². The van der Waals surface area contributed by atoms with Gasteiger partial charge in [0.2, 0.25) is 10.0 Å². The largest absolute Gasteiger partial charge is 0.335 e. The Morgan fingerprint density at radius 2 is 1.45 bits per heavy atom. The van der Waals surface area contributed by atoms with E-state index in [9.17, 15) is 26.4 Å². The zero-order chi connectivity index (χ0) is 22.2. The minimum atomic E-state index is -4.36. The number of thiophene rings is 1. The van der Waals surface area contributed by atoms with Gasteiger partial charge in [-0.15, -0.1) is 11.3 Å². The lowest BCUT2D eigenvalue weighted by Crippen LogP contribution is -2.50. The van der Waals surface area contributed by atoms with E-state index in [2.05, 4.69) is 0 Å². The molecule has 0 saturated carbocycles. The molecule has 2 aromatic carbocycles.